The van der Waals surface area contributed by atoms with Crippen LogP contribution in [0.4, 0.5) is 5.69 Å². The maximum absolute atomic E-state index is 12.4. The summed E-state index contributed by atoms with van der Waals surface area (Å²) in [5.74, 6) is 0.490. The molecule has 1 atom stereocenters. The molecule has 1 aromatic heterocycles. The average Bonchev–Trinajstić information content (AvgIpc) is 2.89. The van der Waals surface area contributed by atoms with E-state index in [9.17, 15) is 4.79 Å². The molecule has 0 aliphatic carbocycles. The number of carbonyl (C=O) groups is 1. The number of hydrogen-bond acceptors (Lipinski definition) is 4. The first kappa shape index (κ1) is 12.8. The number of amides is 1. The van der Waals surface area contributed by atoms with Crippen molar-refractivity contribution in [2.75, 3.05) is 25.5 Å². The smallest absolute Gasteiger partial charge is 0.237 e. The molecule has 1 fully saturated rings. The maximum Gasteiger partial charge on any atom is 0.237 e. The van der Waals surface area contributed by atoms with Gasteiger partial charge in [-0.25, -0.2) is 4.98 Å². The van der Waals surface area contributed by atoms with Gasteiger partial charge in [-0.15, -0.1) is 0 Å². The maximum atomic E-state index is 12.4. The summed E-state index contributed by atoms with van der Waals surface area (Å²) in [5, 5.41) is 6.18. The highest BCUT2D eigenvalue weighted by atomic mass is 16.5. The minimum atomic E-state index is -0.305. The summed E-state index contributed by atoms with van der Waals surface area (Å²) in [6, 6.07) is 3.58. The monoisotopic (exact) mass is 249 g/mol. The average molecular weight is 249 g/mol. The van der Waals surface area contributed by atoms with Crippen LogP contribution in [0, 0.1) is 5.41 Å². The molecule has 18 heavy (non-hydrogen) atoms. The van der Waals surface area contributed by atoms with Crippen LogP contribution in [0.5, 0.6) is 5.88 Å². The second-order valence-electron chi connectivity index (χ2n) is 4.58. The lowest BCUT2D eigenvalue weighted by Gasteiger charge is -2.25. The molecule has 1 aliphatic heterocycles. The highest BCUT2D eigenvalue weighted by Crippen LogP contribution is 2.32. The summed E-state index contributed by atoms with van der Waals surface area (Å²) in [6.45, 7) is 3.68. The Morgan fingerprint density at radius 1 is 1.67 bits per heavy atom. The molecule has 2 heterocycles. The van der Waals surface area contributed by atoms with Gasteiger partial charge in [0, 0.05) is 12.7 Å². The predicted molar refractivity (Wildman–Crippen MR) is 69.6 cm³/mol. The zero-order chi connectivity index (χ0) is 13.0. The lowest BCUT2D eigenvalue weighted by Crippen LogP contribution is -2.37. The second-order valence-corrected chi connectivity index (χ2v) is 4.58. The third-order valence-corrected chi connectivity index (χ3v) is 3.61. The Hall–Kier alpha value is -1.62. The predicted octanol–water partition coefficient (Wildman–Crippen LogP) is 1.42. The fourth-order valence-electron chi connectivity index (χ4n) is 2.30. The minimum Gasteiger partial charge on any atom is -0.480 e. The van der Waals surface area contributed by atoms with Crippen LogP contribution in [-0.2, 0) is 4.79 Å². The number of pyridine rings is 1. The summed E-state index contributed by atoms with van der Waals surface area (Å²) < 4.78 is 5.13. The van der Waals surface area contributed by atoms with E-state index < -0.39 is 0 Å². The molecule has 1 aromatic rings. The molecule has 1 amide bonds. The van der Waals surface area contributed by atoms with Gasteiger partial charge in [-0.05, 0) is 31.5 Å². The van der Waals surface area contributed by atoms with Crippen LogP contribution in [0.15, 0.2) is 18.3 Å². The van der Waals surface area contributed by atoms with Crippen molar-refractivity contribution < 1.29 is 9.53 Å². The summed E-state index contributed by atoms with van der Waals surface area (Å²) in [6.07, 6.45) is 3.34. The molecule has 1 aliphatic rings. The van der Waals surface area contributed by atoms with E-state index >= 15 is 0 Å². The van der Waals surface area contributed by atoms with E-state index in [1.165, 1.54) is 0 Å². The normalized spacial score (nSPS) is 22.8. The van der Waals surface area contributed by atoms with Crippen molar-refractivity contribution in [2.45, 2.75) is 19.8 Å². The van der Waals surface area contributed by atoms with Crippen molar-refractivity contribution in [2.24, 2.45) is 5.41 Å². The van der Waals surface area contributed by atoms with Gasteiger partial charge in [0.25, 0.3) is 0 Å². The summed E-state index contributed by atoms with van der Waals surface area (Å²) in [7, 11) is 1.55. The third-order valence-electron chi connectivity index (χ3n) is 3.61. The van der Waals surface area contributed by atoms with Gasteiger partial charge in [0.2, 0.25) is 11.8 Å². The van der Waals surface area contributed by atoms with Gasteiger partial charge >= 0.3 is 0 Å². The van der Waals surface area contributed by atoms with Crippen LogP contribution in [0.2, 0.25) is 0 Å². The highest BCUT2D eigenvalue weighted by molar-refractivity contribution is 5.96. The van der Waals surface area contributed by atoms with Crippen molar-refractivity contribution in [3.05, 3.63) is 18.3 Å². The Morgan fingerprint density at radius 2 is 2.50 bits per heavy atom. The lowest BCUT2D eigenvalue weighted by atomic mass is 9.83. The van der Waals surface area contributed by atoms with Gasteiger partial charge in [0.1, 0.15) is 5.69 Å². The first-order valence-corrected chi connectivity index (χ1v) is 6.23. The fraction of sp³-hybridized carbons (Fsp3) is 0.538. The first-order chi connectivity index (χ1) is 8.72. The number of nitrogens with zero attached hydrogens (tertiary/aromatic N) is 1. The zero-order valence-corrected chi connectivity index (χ0v) is 10.8. The quantitative estimate of drug-likeness (QED) is 0.847. The number of ether oxygens (including phenoxy) is 1. The molecule has 5 heteroatoms. The Morgan fingerprint density at radius 3 is 3.11 bits per heavy atom. The molecule has 0 aromatic carbocycles. The van der Waals surface area contributed by atoms with Crippen molar-refractivity contribution in [1.82, 2.24) is 10.3 Å². The van der Waals surface area contributed by atoms with E-state index in [2.05, 4.69) is 15.6 Å². The van der Waals surface area contributed by atoms with E-state index in [4.69, 9.17) is 4.74 Å². The first-order valence-electron chi connectivity index (χ1n) is 6.23. The zero-order valence-electron chi connectivity index (χ0n) is 10.8. The summed E-state index contributed by atoms with van der Waals surface area (Å²) in [4.78, 5) is 16.5. The Bertz CT molecular complexity index is 428. The number of hydrogen-bond donors (Lipinski definition) is 2. The van der Waals surface area contributed by atoms with Crippen molar-refractivity contribution in [1.29, 1.82) is 0 Å². The molecule has 2 rings (SSSR count). The lowest BCUT2D eigenvalue weighted by molar-refractivity contribution is -0.124. The van der Waals surface area contributed by atoms with E-state index in [0.29, 0.717) is 11.6 Å². The summed E-state index contributed by atoms with van der Waals surface area (Å²) >= 11 is 0. The van der Waals surface area contributed by atoms with Crippen LogP contribution >= 0.6 is 0 Å². The Labute approximate surface area is 107 Å². The van der Waals surface area contributed by atoms with E-state index in [-0.39, 0.29) is 11.3 Å². The van der Waals surface area contributed by atoms with Crippen LogP contribution in [0.3, 0.4) is 0 Å². The largest absolute Gasteiger partial charge is 0.480 e. The fourth-order valence-corrected chi connectivity index (χ4v) is 2.30. The molecule has 0 spiro atoms. The van der Waals surface area contributed by atoms with Crippen molar-refractivity contribution in [3.63, 3.8) is 0 Å². The molecule has 1 unspecified atom stereocenters. The number of aromatic nitrogens is 1. The van der Waals surface area contributed by atoms with Gasteiger partial charge in [-0.2, -0.15) is 0 Å². The molecule has 1 saturated heterocycles. The van der Waals surface area contributed by atoms with Crippen LogP contribution in [0.1, 0.15) is 19.8 Å². The molecule has 0 bridgehead atoms. The minimum absolute atomic E-state index is 0.0429. The van der Waals surface area contributed by atoms with Crippen molar-refractivity contribution >= 4 is 11.6 Å². The van der Waals surface area contributed by atoms with E-state index in [0.717, 1.165) is 25.9 Å². The van der Waals surface area contributed by atoms with Gasteiger partial charge in [0.15, 0.2) is 0 Å². The van der Waals surface area contributed by atoms with Crippen LogP contribution < -0.4 is 15.4 Å². The van der Waals surface area contributed by atoms with E-state index in [1.54, 1.807) is 25.4 Å². The Balaban J connectivity index is 2.15. The molecule has 2 N–H and O–H groups in total. The number of rotatable bonds is 4. The molecule has 0 saturated carbocycles. The molecule has 0 radical (unpaired) electrons. The third kappa shape index (κ3) is 2.31. The van der Waals surface area contributed by atoms with Gasteiger partial charge in [0.05, 0.1) is 12.5 Å². The molecule has 5 nitrogen and oxygen atoms in total. The number of methoxy groups -OCH3 is 1. The van der Waals surface area contributed by atoms with Gasteiger partial charge in [-0.1, -0.05) is 6.92 Å². The highest BCUT2D eigenvalue weighted by Gasteiger charge is 2.39. The standard InChI is InChI=1S/C13H19N3O2/c1-3-13(6-8-14-9-13)12(17)16-10-5-4-7-15-11(10)18-2/h4-5,7,14H,3,6,8-9H2,1-2H3,(H,16,17). The van der Waals surface area contributed by atoms with Crippen molar-refractivity contribution in [3.8, 4) is 5.88 Å². The van der Waals surface area contributed by atoms with Gasteiger partial charge in [-0.3, -0.25) is 4.79 Å². The molecular weight excluding hydrogens is 230 g/mol. The molecular formula is C13H19N3O2. The number of carbonyl (C=O) groups excluding carboxylic acids is 1. The van der Waals surface area contributed by atoms with Crippen LogP contribution in [0.25, 0.3) is 0 Å². The van der Waals surface area contributed by atoms with Gasteiger partial charge < -0.3 is 15.4 Å². The SMILES string of the molecule is CCC1(C(=O)Nc2cccnc2OC)CCNC1. The summed E-state index contributed by atoms with van der Waals surface area (Å²) in [5.41, 5.74) is 0.325. The Kier molecular flexibility index (Phi) is 3.81. The molecule has 98 valence electrons. The van der Waals surface area contributed by atoms with Crippen LogP contribution in [-0.4, -0.2) is 31.1 Å². The topological polar surface area (TPSA) is 63.2 Å². The number of nitrogens with one attached hydrogen (secondary N) is 2. The number of anilines is 1. The van der Waals surface area contributed by atoms with E-state index in [1.807, 2.05) is 6.92 Å². The second kappa shape index (κ2) is 5.35.